The molecule has 2 saturated heterocycles. The molecule has 0 radical (unpaired) electrons. The molecule has 3 nitrogen and oxygen atoms in total. The standard InChI is InChI=1S/C9H18N2O/c1-11-5-4-10-8(7-11)9-3-2-6-12-9/h8-10H,2-7H2,1H3. The molecule has 0 spiro atoms. The molecule has 2 aliphatic rings. The molecule has 0 bridgehead atoms. The van der Waals surface area contributed by atoms with E-state index in [0.29, 0.717) is 12.1 Å². The van der Waals surface area contributed by atoms with E-state index < -0.39 is 0 Å². The average molecular weight is 170 g/mol. The van der Waals surface area contributed by atoms with Crippen molar-refractivity contribution in [3.63, 3.8) is 0 Å². The van der Waals surface area contributed by atoms with Crippen LogP contribution in [0.15, 0.2) is 0 Å². The summed E-state index contributed by atoms with van der Waals surface area (Å²) in [7, 11) is 2.18. The highest BCUT2D eigenvalue weighted by atomic mass is 16.5. The molecular weight excluding hydrogens is 152 g/mol. The first kappa shape index (κ1) is 8.48. The Kier molecular flexibility index (Phi) is 2.63. The van der Waals surface area contributed by atoms with Crippen LogP contribution in [-0.2, 0) is 4.74 Å². The Hall–Kier alpha value is -0.120. The predicted molar refractivity (Wildman–Crippen MR) is 48.3 cm³/mol. The third-order valence-electron chi connectivity index (χ3n) is 2.82. The van der Waals surface area contributed by atoms with Crippen molar-refractivity contribution in [2.45, 2.75) is 25.0 Å². The van der Waals surface area contributed by atoms with Crippen molar-refractivity contribution in [3.8, 4) is 0 Å². The van der Waals surface area contributed by atoms with Crippen molar-refractivity contribution < 1.29 is 4.74 Å². The second-order valence-electron chi connectivity index (χ2n) is 3.87. The summed E-state index contributed by atoms with van der Waals surface area (Å²) < 4.78 is 5.65. The number of likely N-dealkylation sites (N-methyl/N-ethyl adjacent to an activating group) is 1. The van der Waals surface area contributed by atoms with Crippen LogP contribution >= 0.6 is 0 Å². The highest BCUT2D eigenvalue weighted by Gasteiger charge is 2.28. The lowest BCUT2D eigenvalue weighted by atomic mass is 10.1. The van der Waals surface area contributed by atoms with Gasteiger partial charge in [-0.1, -0.05) is 0 Å². The molecule has 2 rings (SSSR count). The van der Waals surface area contributed by atoms with Crippen molar-refractivity contribution >= 4 is 0 Å². The first-order valence-corrected chi connectivity index (χ1v) is 4.90. The minimum atomic E-state index is 0.479. The average Bonchev–Trinajstić information content (AvgIpc) is 2.56. The topological polar surface area (TPSA) is 24.5 Å². The monoisotopic (exact) mass is 170 g/mol. The zero-order chi connectivity index (χ0) is 8.39. The number of rotatable bonds is 1. The molecule has 2 fully saturated rings. The second-order valence-corrected chi connectivity index (χ2v) is 3.87. The molecule has 2 heterocycles. The Morgan fingerprint density at radius 3 is 3.08 bits per heavy atom. The van der Waals surface area contributed by atoms with Gasteiger partial charge in [-0.2, -0.15) is 0 Å². The van der Waals surface area contributed by atoms with Gasteiger partial charge in [0.05, 0.1) is 6.10 Å². The quantitative estimate of drug-likeness (QED) is 0.602. The lowest BCUT2D eigenvalue weighted by Gasteiger charge is -2.33. The summed E-state index contributed by atoms with van der Waals surface area (Å²) >= 11 is 0. The molecule has 0 aromatic heterocycles. The van der Waals surface area contributed by atoms with E-state index in [2.05, 4.69) is 17.3 Å². The molecule has 1 N–H and O–H groups in total. The van der Waals surface area contributed by atoms with Crippen LogP contribution in [0.1, 0.15) is 12.8 Å². The Balaban J connectivity index is 1.85. The van der Waals surface area contributed by atoms with E-state index in [4.69, 9.17) is 4.74 Å². The Morgan fingerprint density at radius 1 is 1.50 bits per heavy atom. The van der Waals surface area contributed by atoms with Gasteiger partial charge >= 0.3 is 0 Å². The molecule has 70 valence electrons. The Labute approximate surface area is 74.1 Å². The fourth-order valence-corrected chi connectivity index (χ4v) is 2.10. The van der Waals surface area contributed by atoms with Crippen molar-refractivity contribution in [2.75, 3.05) is 33.3 Å². The first-order chi connectivity index (χ1) is 5.86. The maximum absolute atomic E-state index is 5.65. The third kappa shape index (κ3) is 1.79. The van der Waals surface area contributed by atoms with Gasteiger partial charge in [-0.15, -0.1) is 0 Å². The van der Waals surface area contributed by atoms with Crippen molar-refractivity contribution in [3.05, 3.63) is 0 Å². The highest BCUT2D eigenvalue weighted by molar-refractivity contribution is 4.85. The largest absolute Gasteiger partial charge is 0.377 e. The summed E-state index contributed by atoms with van der Waals surface area (Å²) in [5, 5.41) is 3.52. The van der Waals surface area contributed by atoms with Gasteiger partial charge in [0, 0.05) is 32.3 Å². The molecule has 2 aliphatic heterocycles. The van der Waals surface area contributed by atoms with E-state index in [1.165, 1.54) is 19.4 Å². The van der Waals surface area contributed by atoms with Crippen molar-refractivity contribution in [1.29, 1.82) is 0 Å². The fourth-order valence-electron chi connectivity index (χ4n) is 2.10. The highest BCUT2D eigenvalue weighted by Crippen LogP contribution is 2.17. The number of nitrogens with zero attached hydrogens (tertiary/aromatic N) is 1. The minimum absolute atomic E-state index is 0.479. The zero-order valence-corrected chi connectivity index (χ0v) is 7.75. The molecular formula is C9H18N2O. The van der Waals surface area contributed by atoms with Crippen LogP contribution in [0.3, 0.4) is 0 Å². The number of piperazine rings is 1. The van der Waals surface area contributed by atoms with E-state index in [1.807, 2.05) is 0 Å². The van der Waals surface area contributed by atoms with Gasteiger partial charge < -0.3 is 15.0 Å². The Morgan fingerprint density at radius 2 is 2.42 bits per heavy atom. The van der Waals surface area contributed by atoms with Crippen LogP contribution in [-0.4, -0.2) is 50.3 Å². The van der Waals surface area contributed by atoms with Crippen LogP contribution in [0.4, 0.5) is 0 Å². The molecule has 3 heteroatoms. The fraction of sp³-hybridized carbons (Fsp3) is 1.00. The van der Waals surface area contributed by atoms with E-state index in [-0.39, 0.29) is 0 Å². The molecule has 2 unspecified atom stereocenters. The molecule has 2 atom stereocenters. The van der Waals surface area contributed by atoms with Gasteiger partial charge in [0.1, 0.15) is 0 Å². The summed E-state index contributed by atoms with van der Waals surface area (Å²) in [4.78, 5) is 2.38. The van der Waals surface area contributed by atoms with Gasteiger partial charge in [-0.25, -0.2) is 0 Å². The maximum atomic E-state index is 5.65. The van der Waals surface area contributed by atoms with Gasteiger partial charge in [0.15, 0.2) is 0 Å². The number of hydrogen-bond donors (Lipinski definition) is 1. The van der Waals surface area contributed by atoms with Crippen LogP contribution in [0.25, 0.3) is 0 Å². The number of hydrogen-bond acceptors (Lipinski definition) is 3. The normalized spacial score (nSPS) is 38.8. The predicted octanol–water partition coefficient (Wildman–Crippen LogP) is 0.0690. The summed E-state index contributed by atoms with van der Waals surface area (Å²) in [6.07, 6.45) is 2.96. The zero-order valence-electron chi connectivity index (χ0n) is 7.75. The molecule has 0 amide bonds. The van der Waals surface area contributed by atoms with E-state index in [0.717, 1.165) is 19.7 Å². The summed E-state index contributed by atoms with van der Waals surface area (Å²) in [6.45, 7) is 4.39. The molecule has 0 aromatic carbocycles. The van der Waals surface area contributed by atoms with Crippen LogP contribution in [0.5, 0.6) is 0 Å². The lowest BCUT2D eigenvalue weighted by molar-refractivity contribution is 0.0550. The van der Waals surface area contributed by atoms with Crippen LogP contribution in [0.2, 0.25) is 0 Å². The molecule has 12 heavy (non-hydrogen) atoms. The van der Waals surface area contributed by atoms with Crippen LogP contribution < -0.4 is 5.32 Å². The first-order valence-electron chi connectivity index (χ1n) is 4.90. The summed E-state index contributed by atoms with van der Waals surface area (Å²) in [5.74, 6) is 0. The lowest BCUT2D eigenvalue weighted by Crippen LogP contribution is -2.54. The number of ether oxygens (including phenoxy) is 1. The number of nitrogens with one attached hydrogen (secondary N) is 1. The van der Waals surface area contributed by atoms with Crippen molar-refractivity contribution in [1.82, 2.24) is 10.2 Å². The smallest absolute Gasteiger partial charge is 0.0741 e. The summed E-state index contributed by atoms with van der Waals surface area (Å²) in [6, 6.07) is 0.575. The van der Waals surface area contributed by atoms with E-state index >= 15 is 0 Å². The second kappa shape index (κ2) is 3.73. The molecule has 0 aliphatic carbocycles. The SMILES string of the molecule is CN1CCNC(C2CCCO2)C1. The van der Waals surface area contributed by atoms with Crippen LogP contribution in [0, 0.1) is 0 Å². The molecule has 0 saturated carbocycles. The third-order valence-corrected chi connectivity index (χ3v) is 2.82. The van der Waals surface area contributed by atoms with E-state index in [1.54, 1.807) is 0 Å². The maximum Gasteiger partial charge on any atom is 0.0741 e. The van der Waals surface area contributed by atoms with Crippen molar-refractivity contribution in [2.24, 2.45) is 0 Å². The van der Waals surface area contributed by atoms with Gasteiger partial charge in [-0.3, -0.25) is 0 Å². The molecule has 0 aromatic rings. The van der Waals surface area contributed by atoms with Gasteiger partial charge in [0.2, 0.25) is 0 Å². The summed E-state index contributed by atoms with van der Waals surface area (Å²) in [5.41, 5.74) is 0. The van der Waals surface area contributed by atoms with E-state index in [9.17, 15) is 0 Å². The minimum Gasteiger partial charge on any atom is -0.377 e. The van der Waals surface area contributed by atoms with Gasteiger partial charge in [-0.05, 0) is 19.9 Å². The van der Waals surface area contributed by atoms with Gasteiger partial charge in [0.25, 0.3) is 0 Å². The Bertz CT molecular complexity index is 145.